The summed E-state index contributed by atoms with van der Waals surface area (Å²) in [5.74, 6) is 0.838. The number of para-hydroxylation sites is 2. The molecule has 0 unspecified atom stereocenters. The number of hydrogen-bond acceptors (Lipinski definition) is 2. The van der Waals surface area contributed by atoms with Crippen LogP contribution in [0.2, 0.25) is 0 Å². The molecule has 1 aliphatic heterocycles. The molecular formula is C14H13N3. The third kappa shape index (κ3) is 1.91. The van der Waals surface area contributed by atoms with Crippen LogP contribution >= 0.6 is 0 Å². The summed E-state index contributed by atoms with van der Waals surface area (Å²) in [7, 11) is 0. The van der Waals surface area contributed by atoms with Gasteiger partial charge in [0.15, 0.2) is 5.82 Å². The Balaban J connectivity index is 2.05. The minimum absolute atomic E-state index is 0.838. The molecular weight excluding hydrogens is 210 g/mol. The van der Waals surface area contributed by atoms with Gasteiger partial charge in [0.1, 0.15) is 5.70 Å². The number of imidazole rings is 1. The first kappa shape index (κ1) is 10.0. The van der Waals surface area contributed by atoms with Crippen LogP contribution < -0.4 is 0 Å². The van der Waals surface area contributed by atoms with E-state index in [-0.39, 0.29) is 0 Å². The largest absolute Gasteiger partial charge is 0.337 e. The number of aromatic nitrogens is 2. The number of hydrogen-bond donors (Lipinski definition) is 1. The molecule has 1 aromatic carbocycles. The number of aromatic amines is 1. The molecule has 0 radical (unpaired) electrons. The van der Waals surface area contributed by atoms with Crippen molar-refractivity contribution in [3.05, 3.63) is 47.8 Å². The Morgan fingerprint density at radius 3 is 3.00 bits per heavy atom. The lowest BCUT2D eigenvalue weighted by Crippen LogP contribution is -1.84. The van der Waals surface area contributed by atoms with E-state index in [1.807, 2.05) is 36.6 Å². The van der Waals surface area contributed by atoms with E-state index in [0.29, 0.717) is 0 Å². The van der Waals surface area contributed by atoms with Crippen molar-refractivity contribution < 1.29 is 0 Å². The van der Waals surface area contributed by atoms with E-state index in [1.165, 1.54) is 5.57 Å². The third-order valence-corrected chi connectivity index (χ3v) is 2.82. The number of rotatable bonds is 1. The van der Waals surface area contributed by atoms with Gasteiger partial charge in [0.2, 0.25) is 0 Å². The number of allylic oxidation sites excluding steroid dienone is 3. The van der Waals surface area contributed by atoms with Crippen molar-refractivity contribution >= 4 is 22.9 Å². The maximum absolute atomic E-state index is 4.54. The third-order valence-electron chi connectivity index (χ3n) is 2.82. The molecule has 3 heteroatoms. The number of nitrogens with zero attached hydrogens (tertiary/aromatic N) is 2. The normalized spacial score (nSPS) is 15.6. The van der Waals surface area contributed by atoms with Crippen LogP contribution in [0.25, 0.3) is 16.7 Å². The van der Waals surface area contributed by atoms with Crippen LogP contribution in [-0.2, 0) is 0 Å². The van der Waals surface area contributed by atoms with Crippen molar-refractivity contribution in [2.75, 3.05) is 0 Å². The Kier molecular flexibility index (Phi) is 2.37. The average molecular weight is 223 g/mol. The minimum Gasteiger partial charge on any atom is -0.337 e. The zero-order valence-electron chi connectivity index (χ0n) is 9.64. The van der Waals surface area contributed by atoms with Gasteiger partial charge in [-0.1, -0.05) is 23.8 Å². The summed E-state index contributed by atoms with van der Waals surface area (Å²) in [4.78, 5) is 12.2. The molecule has 0 bridgehead atoms. The quantitative estimate of drug-likeness (QED) is 0.791. The van der Waals surface area contributed by atoms with Crippen molar-refractivity contribution in [1.82, 2.24) is 9.97 Å². The van der Waals surface area contributed by atoms with Crippen LogP contribution in [0, 0.1) is 0 Å². The Labute approximate surface area is 99.6 Å². The second-order valence-electron chi connectivity index (χ2n) is 4.19. The summed E-state index contributed by atoms with van der Waals surface area (Å²) < 4.78 is 0. The van der Waals surface area contributed by atoms with E-state index < -0.39 is 0 Å². The summed E-state index contributed by atoms with van der Waals surface area (Å²) in [6.45, 7) is 2.10. The molecule has 3 nitrogen and oxygen atoms in total. The molecule has 17 heavy (non-hydrogen) atoms. The van der Waals surface area contributed by atoms with E-state index in [0.717, 1.165) is 29.0 Å². The van der Waals surface area contributed by atoms with Gasteiger partial charge in [0, 0.05) is 6.21 Å². The molecule has 0 fully saturated rings. The molecule has 0 atom stereocenters. The predicted octanol–water partition coefficient (Wildman–Crippen LogP) is 3.32. The zero-order valence-corrected chi connectivity index (χ0v) is 9.64. The summed E-state index contributed by atoms with van der Waals surface area (Å²) in [5, 5.41) is 0. The van der Waals surface area contributed by atoms with Gasteiger partial charge in [-0.3, -0.25) is 4.99 Å². The number of fused-ring (bicyclic) bond motifs is 1. The summed E-state index contributed by atoms with van der Waals surface area (Å²) in [6, 6.07) is 8.01. The Bertz CT molecular complexity index is 611. The van der Waals surface area contributed by atoms with E-state index in [1.54, 1.807) is 0 Å². The van der Waals surface area contributed by atoms with E-state index in [9.17, 15) is 0 Å². The van der Waals surface area contributed by atoms with Crippen LogP contribution in [0.3, 0.4) is 0 Å². The number of benzene rings is 1. The van der Waals surface area contributed by atoms with Crippen LogP contribution in [0.1, 0.15) is 19.2 Å². The topological polar surface area (TPSA) is 41.0 Å². The second-order valence-corrected chi connectivity index (χ2v) is 4.19. The highest BCUT2D eigenvalue weighted by atomic mass is 15.0. The smallest absolute Gasteiger partial charge is 0.156 e. The molecule has 3 rings (SSSR count). The number of nitrogens with one attached hydrogen (secondary N) is 1. The lowest BCUT2D eigenvalue weighted by Gasteiger charge is -1.94. The molecule has 1 aliphatic rings. The highest BCUT2D eigenvalue weighted by Crippen LogP contribution is 2.20. The monoisotopic (exact) mass is 223 g/mol. The average Bonchev–Trinajstić information content (AvgIpc) is 2.65. The van der Waals surface area contributed by atoms with Gasteiger partial charge in [0.25, 0.3) is 0 Å². The summed E-state index contributed by atoms with van der Waals surface area (Å²) in [6.07, 6.45) is 6.90. The fourth-order valence-electron chi connectivity index (χ4n) is 1.86. The highest BCUT2D eigenvalue weighted by Gasteiger charge is 2.07. The van der Waals surface area contributed by atoms with Crippen LogP contribution in [0.15, 0.2) is 47.0 Å². The standard InChI is InChI=1S/C14H13N3/c1-10-6-7-13(15-9-8-10)14-16-11-4-2-3-5-12(11)17-14/h2-5,7-9H,6H2,1H3,(H,16,17). The number of aliphatic imine (C=N–C) groups is 1. The molecule has 0 aliphatic carbocycles. The fourth-order valence-corrected chi connectivity index (χ4v) is 1.86. The Morgan fingerprint density at radius 1 is 1.24 bits per heavy atom. The highest BCUT2D eigenvalue weighted by molar-refractivity contribution is 5.83. The van der Waals surface area contributed by atoms with Gasteiger partial charge in [-0.2, -0.15) is 0 Å². The Hall–Kier alpha value is -2.16. The van der Waals surface area contributed by atoms with Gasteiger partial charge in [0.05, 0.1) is 11.0 Å². The van der Waals surface area contributed by atoms with Gasteiger partial charge >= 0.3 is 0 Å². The fraction of sp³-hybridized carbons (Fsp3) is 0.143. The van der Waals surface area contributed by atoms with Crippen molar-refractivity contribution in [2.24, 2.45) is 4.99 Å². The van der Waals surface area contributed by atoms with Crippen molar-refractivity contribution in [3.63, 3.8) is 0 Å². The summed E-state index contributed by atoms with van der Waals surface area (Å²) in [5.41, 5.74) is 4.24. The number of H-pyrrole nitrogens is 1. The van der Waals surface area contributed by atoms with Crippen LogP contribution in [0.4, 0.5) is 0 Å². The van der Waals surface area contributed by atoms with Gasteiger partial charge in [-0.25, -0.2) is 4.98 Å². The molecule has 2 heterocycles. The lowest BCUT2D eigenvalue weighted by molar-refractivity contribution is 1.19. The van der Waals surface area contributed by atoms with E-state index >= 15 is 0 Å². The molecule has 1 aromatic heterocycles. The molecule has 1 N–H and O–H groups in total. The molecule has 0 saturated carbocycles. The zero-order chi connectivity index (χ0) is 11.7. The maximum Gasteiger partial charge on any atom is 0.156 e. The SMILES string of the molecule is CC1=CC=NC(c2nc3ccccc3[nH]2)=CC1. The summed E-state index contributed by atoms with van der Waals surface area (Å²) >= 11 is 0. The van der Waals surface area contributed by atoms with Gasteiger partial charge in [-0.05, 0) is 31.6 Å². The minimum atomic E-state index is 0.838. The molecule has 2 aromatic rings. The van der Waals surface area contributed by atoms with Gasteiger partial charge in [-0.15, -0.1) is 0 Å². The first-order valence-electron chi connectivity index (χ1n) is 5.68. The van der Waals surface area contributed by atoms with Crippen molar-refractivity contribution in [3.8, 4) is 0 Å². The van der Waals surface area contributed by atoms with E-state index in [2.05, 4.69) is 28.0 Å². The van der Waals surface area contributed by atoms with Crippen LogP contribution in [-0.4, -0.2) is 16.2 Å². The van der Waals surface area contributed by atoms with Crippen LogP contribution in [0.5, 0.6) is 0 Å². The van der Waals surface area contributed by atoms with Gasteiger partial charge < -0.3 is 4.98 Å². The van der Waals surface area contributed by atoms with Crippen molar-refractivity contribution in [1.29, 1.82) is 0 Å². The first-order chi connectivity index (χ1) is 8.33. The second kappa shape index (κ2) is 4.01. The maximum atomic E-state index is 4.54. The predicted molar refractivity (Wildman–Crippen MR) is 70.9 cm³/mol. The van der Waals surface area contributed by atoms with Crippen molar-refractivity contribution in [2.45, 2.75) is 13.3 Å². The molecule has 84 valence electrons. The molecule has 0 saturated heterocycles. The Morgan fingerprint density at radius 2 is 2.12 bits per heavy atom. The molecule has 0 spiro atoms. The lowest BCUT2D eigenvalue weighted by atomic mass is 10.2. The molecule has 0 amide bonds. The van der Waals surface area contributed by atoms with E-state index in [4.69, 9.17) is 0 Å². The first-order valence-corrected chi connectivity index (χ1v) is 5.68.